The molecule has 0 unspecified atom stereocenters. The molecule has 0 aliphatic carbocycles. The Bertz CT molecular complexity index is 1030. The lowest BCUT2D eigenvalue weighted by Gasteiger charge is -2.08. The van der Waals surface area contributed by atoms with Crippen molar-refractivity contribution in [1.29, 1.82) is 5.41 Å². The molecule has 0 aliphatic rings. The van der Waals surface area contributed by atoms with E-state index in [1.54, 1.807) is 6.07 Å². The highest BCUT2D eigenvalue weighted by atomic mass is 35.5. The number of alkyl halides is 3. The summed E-state index contributed by atoms with van der Waals surface area (Å²) < 4.78 is 43.7. The summed E-state index contributed by atoms with van der Waals surface area (Å²) in [4.78, 5) is 12.7. The van der Waals surface area contributed by atoms with Crippen LogP contribution in [0, 0.1) is 12.3 Å². The zero-order valence-electron chi connectivity index (χ0n) is 14.0. The standard InChI is InChI=1S/C19H13ClF3NO2S/c1-10-14-8-13(20)6-7-16(14)27-17(10)15(24)9-26-18(25)11-2-4-12(5-3-11)19(21,22)23/h2-8,24H,9H2,1H3. The highest BCUT2D eigenvalue weighted by molar-refractivity contribution is 7.21. The van der Waals surface area contributed by atoms with Gasteiger partial charge in [0.05, 0.1) is 21.7 Å². The van der Waals surface area contributed by atoms with Gasteiger partial charge >= 0.3 is 12.1 Å². The largest absolute Gasteiger partial charge is 0.456 e. The molecule has 0 amide bonds. The van der Waals surface area contributed by atoms with Gasteiger partial charge in [0.25, 0.3) is 0 Å². The van der Waals surface area contributed by atoms with Gasteiger partial charge in [-0.25, -0.2) is 4.79 Å². The first-order valence-corrected chi connectivity index (χ1v) is 8.97. The van der Waals surface area contributed by atoms with Crippen molar-refractivity contribution in [2.75, 3.05) is 6.61 Å². The lowest BCUT2D eigenvalue weighted by atomic mass is 10.1. The van der Waals surface area contributed by atoms with E-state index in [1.165, 1.54) is 11.3 Å². The molecule has 0 atom stereocenters. The lowest BCUT2D eigenvalue weighted by molar-refractivity contribution is -0.137. The third-order valence-corrected chi connectivity index (χ3v) is 5.54. The fraction of sp³-hybridized carbons (Fsp3) is 0.158. The van der Waals surface area contributed by atoms with Crippen LogP contribution in [0.1, 0.15) is 26.4 Å². The van der Waals surface area contributed by atoms with Crippen LogP contribution in [0.2, 0.25) is 5.02 Å². The minimum Gasteiger partial charge on any atom is -0.456 e. The molecule has 1 N–H and O–H groups in total. The van der Waals surface area contributed by atoms with Crippen LogP contribution >= 0.6 is 22.9 Å². The van der Waals surface area contributed by atoms with Gasteiger partial charge in [0.2, 0.25) is 0 Å². The number of ether oxygens (including phenoxy) is 1. The summed E-state index contributed by atoms with van der Waals surface area (Å²) >= 11 is 7.39. The van der Waals surface area contributed by atoms with Crippen molar-refractivity contribution in [3.63, 3.8) is 0 Å². The molecule has 0 bridgehead atoms. The van der Waals surface area contributed by atoms with Crippen LogP contribution in [-0.2, 0) is 10.9 Å². The van der Waals surface area contributed by atoms with E-state index in [-0.39, 0.29) is 17.9 Å². The molecule has 0 radical (unpaired) electrons. The average molecular weight is 412 g/mol. The van der Waals surface area contributed by atoms with Crippen LogP contribution in [0.25, 0.3) is 10.1 Å². The molecular formula is C19H13ClF3NO2S. The van der Waals surface area contributed by atoms with Crippen LogP contribution < -0.4 is 0 Å². The highest BCUT2D eigenvalue weighted by Gasteiger charge is 2.30. The summed E-state index contributed by atoms with van der Waals surface area (Å²) in [6, 6.07) is 9.19. The number of carbonyl (C=O) groups excluding carboxylic acids is 1. The van der Waals surface area contributed by atoms with E-state index >= 15 is 0 Å². The Morgan fingerprint density at radius 2 is 1.85 bits per heavy atom. The minimum absolute atomic E-state index is 0.00403. The van der Waals surface area contributed by atoms with Crippen molar-refractivity contribution in [2.24, 2.45) is 0 Å². The third-order valence-electron chi connectivity index (χ3n) is 3.97. The molecule has 8 heteroatoms. The summed E-state index contributed by atoms with van der Waals surface area (Å²) in [5, 5.41) is 9.70. The summed E-state index contributed by atoms with van der Waals surface area (Å²) in [6.45, 7) is 1.58. The Hall–Kier alpha value is -2.38. The maximum Gasteiger partial charge on any atom is 0.416 e. The first kappa shape index (κ1) is 19.4. The van der Waals surface area contributed by atoms with E-state index in [0.29, 0.717) is 9.90 Å². The number of hydrogen-bond donors (Lipinski definition) is 1. The van der Waals surface area contributed by atoms with E-state index in [0.717, 1.165) is 39.9 Å². The van der Waals surface area contributed by atoms with Crippen molar-refractivity contribution in [2.45, 2.75) is 13.1 Å². The fourth-order valence-electron chi connectivity index (χ4n) is 2.56. The molecule has 3 aromatic rings. The van der Waals surface area contributed by atoms with Gasteiger partial charge in [-0.2, -0.15) is 13.2 Å². The predicted molar refractivity (Wildman–Crippen MR) is 100 cm³/mol. The molecule has 1 aromatic heterocycles. The summed E-state index contributed by atoms with van der Waals surface area (Å²) in [7, 11) is 0. The van der Waals surface area contributed by atoms with Crippen LogP contribution in [0.5, 0.6) is 0 Å². The van der Waals surface area contributed by atoms with Crippen molar-refractivity contribution in [1.82, 2.24) is 0 Å². The van der Waals surface area contributed by atoms with Crippen LogP contribution in [0.3, 0.4) is 0 Å². The number of fused-ring (bicyclic) bond motifs is 1. The van der Waals surface area contributed by atoms with Gasteiger partial charge in [-0.05, 0) is 60.3 Å². The first-order valence-electron chi connectivity index (χ1n) is 7.77. The second-order valence-electron chi connectivity index (χ2n) is 5.83. The molecule has 0 saturated heterocycles. The number of carbonyl (C=O) groups is 1. The van der Waals surface area contributed by atoms with Gasteiger partial charge in [0, 0.05) is 9.72 Å². The summed E-state index contributed by atoms with van der Waals surface area (Å²) in [5.74, 6) is -0.782. The molecule has 3 nitrogen and oxygen atoms in total. The van der Waals surface area contributed by atoms with Crippen molar-refractivity contribution in [3.05, 3.63) is 69.1 Å². The zero-order valence-corrected chi connectivity index (χ0v) is 15.6. The number of aryl methyl sites for hydroxylation is 1. The zero-order chi connectivity index (χ0) is 19.8. The predicted octanol–water partition coefficient (Wildman–Crippen LogP) is 6.11. The molecule has 0 spiro atoms. The van der Waals surface area contributed by atoms with Crippen LogP contribution in [0.15, 0.2) is 42.5 Å². The molecule has 27 heavy (non-hydrogen) atoms. The Labute approximate surface area is 161 Å². The van der Waals surface area contributed by atoms with Gasteiger partial charge < -0.3 is 10.1 Å². The van der Waals surface area contributed by atoms with Crippen LogP contribution in [-0.4, -0.2) is 18.3 Å². The Kier molecular flexibility index (Phi) is 5.26. The van der Waals surface area contributed by atoms with E-state index < -0.39 is 17.7 Å². The molecule has 2 aromatic carbocycles. The van der Waals surface area contributed by atoms with E-state index in [2.05, 4.69) is 0 Å². The van der Waals surface area contributed by atoms with Gasteiger partial charge in [0.15, 0.2) is 0 Å². The number of esters is 1. The fourth-order valence-corrected chi connectivity index (χ4v) is 3.86. The van der Waals surface area contributed by atoms with E-state index in [1.807, 2.05) is 19.1 Å². The first-order chi connectivity index (χ1) is 12.7. The normalized spacial score (nSPS) is 11.6. The number of nitrogens with one attached hydrogen (secondary N) is 1. The number of benzene rings is 2. The maximum absolute atomic E-state index is 12.6. The SMILES string of the molecule is Cc1c(C(=N)COC(=O)c2ccc(C(F)(F)F)cc2)sc2ccc(Cl)cc12. The van der Waals surface area contributed by atoms with Crippen LogP contribution in [0.4, 0.5) is 13.2 Å². The van der Waals surface area contributed by atoms with Gasteiger partial charge in [-0.3, -0.25) is 0 Å². The summed E-state index contributed by atoms with van der Waals surface area (Å²) in [6.07, 6.45) is -4.47. The Balaban J connectivity index is 1.70. The number of hydrogen-bond acceptors (Lipinski definition) is 4. The number of thiophene rings is 1. The minimum atomic E-state index is -4.47. The molecule has 1 heterocycles. The van der Waals surface area contributed by atoms with Gasteiger partial charge in [-0.15, -0.1) is 11.3 Å². The topological polar surface area (TPSA) is 50.1 Å². The van der Waals surface area contributed by atoms with E-state index in [9.17, 15) is 18.0 Å². The monoisotopic (exact) mass is 411 g/mol. The molecule has 0 aliphatic heterocycles. The molecular weight excluding hydrogens is 399 g/mol. The Morgan fingerprint density at radius 3 is 2.48 bits per heavy atom. The number of rotatable bonds is 4. The molecule has 0 saturated carbocycles. The molecule has 140 valence electrons. The third kappa shape index (κ3) is 4.14. The summed E-state index contributed by atoms with van der Waals surface area (Å²) in [5.41, 5.74) is 0.139. The average Bonchev–Trinajstić information content (AvgIpc) is 2.95. The van der Waals surface area contributed by atoms with Gasteiger partial charge in [0.1, 0.15) is 6.61 Å². The van der Waals surface area contributed by atoms with E-state index in [4.69, 9.17) is 21.7 Å². The number of halogens is 4. The molecule has 3 rings (SSSR count). The smallest absolute Gasteiger partial charge is 0.416 e. The highest BCUT2D eigenvalue weighted by Crippen LogP contribution is 2.33. The molecule has 0 fully saturated rings. The second kappa shape index (κ2) is 7.32. The van der Waals surface area contributed by atoms with Gasteiger partial charge in [-0.1, -0.05) is 11.6 Å². The second-order valence-corrected chi connectivity index (χ2v) is 7.32. The van der Waals surface area contributed by atoms with Crippen molar-refractivity contribution < 1.29 is 22.7 Å². The lowest BCUT2D eigenvalue weighted by Crippen LogP contribution is -2.14. The van der Waals surface area contributed by atoms with Crippen molar-refractivity contribution in [3.8, 4) is 0 Å². The maximum atomic E-state index is 12.6. The van der Waals surface area contributed by atoms with Crippen molar-refractivity contribution >= 4 is 44.7 Å². The quantitative estimate of drug-likeness (QED) is 0.416. The Morgan fingerprint density at radius 1 is 1.19 bits per heavy atom.